The number of hydrogen-bond donors (Lipinski definition) is 3. The van der Waals surface area contributed by atoms with Gasteiger partial charge in [0.15, 0.2) is 0 Å². The Morgan fingerprint density at radius 2 is 1.74 bits per heavy atom. The molecular formula is C18H20ClN3O4S. The van der Waals surface area contributed by atoms with Crippen LogP contribution in [-0.2, 0) is 10.0 Å². The minimum atomic E-state index is -3.45. The van der Waals surface area contributed by atoms with Crippen molar-refractivity contribution in [1.82, 2.24) is 5.32 Å². The molecule has 0 radical (unpaired) electrons. The molecule has 7 nitrogen and oxygen atoms in total. The molecule has 0 heterocycles. The van der Waals surface area contributed by atoms with E-state index in [0.29, 0.717) is 17.8 Å². The lowest BCUT2D eigenvalue weighted by Gasteiger charge is -2.12. The van der Waals surface area contributed by atoms with Crippen LogP contribution < -0.4 is 15.4 Å². The maximum absolute atomic E-state index is 12.6. The van der Waals surface area contributed by atoms with E-state index in [1.807, 2.05) is 6.92 Å². The summed E-state index contributed by atoms with van der Waals surface area (Å²) in [5.74, 6) is -0.798. The molecule has 0 spiro atoms. The highest BCUT2D eigenvalue weighted by Crippen LogP contribution is 2.24. The molecule has 144 valence electrons. The van der Waals surface area contributed by atoms with Crippen LogP contribution in [0, 0.1) is 0 Å². The SMILES string of the molecule is CCCNC(=O)c1ccccc1NC(=O)c1ccc(NS(C)(=O)=O)cc1Cl. The van der Waals surface area contributed by atoms with E-state index in [4.69, 9.17) is 11.6 Å². The van der Waals surface area contributed by atoms with Gasteiger partial charge in [0.2, 0.25) is 10.0 Å². The maximum Gasteiger partial charge on any atom is 0.257 e. The molecule has 27 heavy (non-hydrogen) atoms. The fourth-order valence-corrected chi connectivity index (χ4v) is 3.11. The van der Waals surface area contributed by atoms with Crippen molar-refractivity contribution >= 4 is 44.8 Å². The Hall–Kier alpha value is -2.58. The van der Waals surface area contributed by atoms with Gasteiger partial charge in [-0.2, -0.15) is 0 Å². The summed E-state index contributed by atoms with van der Waals surface area (Å²) in [4.78, 5) is 24.8. The molecule has 3 N–H and O–H groups in total. The fourth-order valence-electron chi connectivity index (χ4n) is 2.29. The molecule has 0 fully saturated rings. The number of carbonyl (C=O) groups is 2. The van der Waals surface area contributed by atoms with E-state index in [-0.39, 0.29) is 22.2 Å². The van der Waals surface area contributed by atoms with Crippen molar-refractivity contribution in [3.05, 3.63) is 58.6 Å². The lowest BCUT2D eigenvalue weighted by molar-refractivity contribution is 0.0954. The molecule has 0 aliphatic carbocycles. The Balaban J connectivity index is 2.22. The average molecular weight is 410 g/mol. The molecule has 0 aliphatic heterocycles. The second-order valence-electron chi connectivity index (χ2n) is 5.82. The van der Waals surface area contributed by atoms with Gasteiger partial charge < -0.3 is 10.6 Å². The summed E-state index contributed by atoms with van der Waals surface area (Å²) in [5, 5.41) is 5.51. The first-order valence-corrected chi connectivity index (χ1v) is 10.4. The minimum absolute atomic E-state index is 0.0778. The predicted molar refractivity (Wildman–Crippen MR) is 107 cm³/mol. The minimum Gasteiger partial charge on any atom is -0.352 e. The summed E-state index contributed by atoms with van der Waals surface area (Å²) in [7, 11) is -3.45. The van der Waals surface area contributed by atoms with Crippen LogP contribution in [0.3, 0.4) is 0 Å². The van der Waals surface area contributed by atoms with Crippen LogP contribution in [0.2, 0.25) is 5.02 Å². The molecule has 0 atom stereocenters. The van der Waals surface area contributed by atoms with Gasteiger partial charge in [0.05, 0.1) is 28.1 Å². The monoisotopic (exact) mass is 409 g/mol. The van der Waals surface area contributed by atoms with Crippen molar-refractivity contribution < 1.29 is 18.0 Å². The molecule has 2 rings (SSSR count). The molecular weight excluding hydrogens is 390 g/mol. The summed E-state index contributed by atoms with van der Waals surface area (Å²) in [6.07, 6.45) is 1.81. The predicted octanol–water partition coefficient (Wildman–Crippen LogP) is 3.10. The lowest BCUT2D eigenvalue weighted by atomic mass is 10.1. The first-order chi connectivity index (χ1) is 12.7. The zero-order valence-corrected chi connectivity index (χ0v) is 16.4. The first-order valence-electron chi connectivity index (χ1n) is 8.17. The van der Waals surface area contributed by atoms with E-state index in [2.05, 4.69) is 15.4 Å². The van der Waals surface area contributed by atoms with Gasteiger partial charge >= 0.3 is 0 Å². The molecule has 2 aromatic carbocycles. The van der Waals surface area contributed by atoms with E-state index in [0.717, 1.165) is 12.7 Å². The quantitative estimate of drug-likeness (QED) is 0.653. The van der Waals surface area contributed by atoms with Crippen molar-refractivity contribution in [3.63, 3.8) is 0 Å². The Morgan fingerprint density at radius 3 is 2.37 bits per heavy atom. The molecule has 0 aliphatic rings. The van der Waals surface area contributed by atoms with Crippen molar-refractivity contribution in [1.29, 1.82) is 0 Å². The van der Waals surface area contributed by atoms with Crippen LogP contribution in [0.5, 0.6) is 0 Å². The van der Waals surface area contributed by atoms with Gasteiger partial charge in [0.25, 0.3) is 11.8 Å². The summed E-state index contributed by atoms with van der Waals surface area (Å²) in [6, 6.07) is 10.8. The summed E-state index contributed by atoms with van der Waals surface area (Å²) >= 11 is 6.12. The standard InChI is InChI=1S/C18H20ClN3O4S/c1-3-10-20-17(23)14-6-4-5-7-16(14)21-18(24)13-9-8-12(11-15(13)19)22-27(2,25)26/h4-9,11,22H,3,10H2,1-2H3,(H,20,23)(H,21,24). The number of amides is 2. The molecule has 0 saturated heterocycles. The number of nitrogens with one attached hydrogen (secondary N) is 3. The highest BCUT2D eigenvalue weighted by molar-refractivity contribution is 7.92. The Bertz CT molecular complexity index is 961. The molecule has 2 amide bonds. The van der Waals surface area contributed by atoms with Crippen molar-refractivity contribution in [2.45, 2.75) is 13.3 Å². The van der Waals surface area contributed by atoms with E-state index < -0.39 is 15.9 Å². The number of halogens is 1. The summed E-state index contributed by atoms with van der Waals surface area (Å²) < 4.78 is 24.8. The Morgan fingerprint density at radius 1 is 1.04 bits per heavy atom. The Kier molecular flexibility index (Phi) is 6.81. The van der Waals surface area contributed by atoms with E-state index in [9.17, 15) is 18.0 Å². The van der Waals surface area contributed by atoms with Crippen LogP contribution in [0.1, 0.15) is 34.1 Å². The number of rotatable bonds is 7. The van der Waals surface area contributed by atoms with Crippen LogP contribution >= 0.6 is 11.6 Å². The molecule has 0 unspecified atom stereocenters. The van der Waals surface area contributed by atoms with Crippen molar-refractivity contribution in [2.24, 2.45) is 0 Å². The number of benzene rings is 2. The lowest BCUT2D eigenvalue weighted by Crippen LogP contribution is -2.25. The van der Waals surface area contributed by atoms with Gasteiger partial charge in [-0.1, -0.05) is 30.7 Å². The van der Waals surface area contributed by atoms with E-state index in [1.54, 1.807) is 24.3 Å². The van der Waals surface area contributed by atoms with Crippen LogP contribution in [0.4, 0.5) is 11.4 Å². The second kappa shape index (κ2) is 8.88. The average Bonchev–Trinajstić information content (AvgIpc) is 2.58. The molecule has 0 saturated carbocycles. The number of hydrogen-bond acceptors (Lipinski definition) is 4. The van der Waals surface area contributed by atoms with Gasteiger partial charge in [0, 0.05) is 12.2 Å². The molecule has 0 bridgehead atoms. The van der Waals surface area contributed by atoms with E-state index in [1.165, 1.54) is 18.2 Å². The zero-order chi connectivity index (χ0) is 20.0. The first kappa shape index (κ1) is 20.7. The van der Waals surface area contributed by atoms with Crippen molar-refractivity contribution in [2.75, 3.05) is 22.8 Å². The van der Waals surface area contributed by atoms with Crippen LogP contribution in [0.25, 0.3) is 0 Å². The normalized spacial score (nSPS) is 10.9. The second-order valence-corrected chi connectivity index (χ2v) is 7.98. The van der Waals surface area contributed by atoms with Gasteiger partial charge in [0.1, 0.15) is 0 Å². The van der Waals surface area contributed by atoms with Gasteiger partial charge in [-0.05, 0) is 36.8 Å². The largest absolute Gasteiger partial charge is 0.352 e. The number of carbonyl (C=O) groups excluding carboxylic acids is 2. The highest BCUT2D eigenvalue weighted by atomic mass is 35.5. The number of anilines is 2. The summed E-state index contributed by atoms with van der Waals surface area (Å²) in [6.45, 7) is 2.47. The number of para-hydroxylation sites is 1. The van der Waals surface area contributed by atoms with Gasteiger partial charge in [-0.3, -0.25) is 14.3 Å². The molecule has 9 heteroatoms. The third kappa shape index (κ3) is 5.97. The van der Waals surface area contributed by atoms with E-state index >= 15 is 0 Å². The number of sulfonamides is 1. The maximum atomic E-state index is 12.6. The van der Waals surface area contributed by atoms with Crippen LogP contribution in [-0.4, -0.2) is 33.0 Å². The Labute approximate surface area is 163 Å². The molecule has 0 aromatic heterocycles. The van der Waals surface area contributed by atoms with Crippen LogP contribution in [0.15, 0.2) is 42.5 Å². The highest BCUT2D eigenvalue weighted by Gasteiger charge is 2.16. The third-order valence-corrected chi connectivity index (χ3v) is 4.39. The van der Waals surface area contributed by atoms with Gasteiger partial charge in [-0.25, -0.2) is 8.42 Å². The van der Waals surface area contributed by atoms with Gasteiger partial charge in [-0.15, -0.1) is 0 Å². The third-order valence-electron chi connectivity index (χ3n) is 3.47. The topological polar surface area (TPSA) is 104 Å². The van der Waals surface area contributed by atoms with Crippen molar-refractivity contribution in [3.8, 4) is 0 Å². The summed E-state index contributed by atoms with van der Waals surface area (Å²) in [5.41, 5.74) is 1.09. The smallest absolute Gasteiger partial charge is 0.257 e. The zero-order valence-electron chi connectivity index (χ0n) is 14.9. The fraction of sp³-hybridized carbons (Fsp3) is 0.222. The molecule has 2 aromatic rings.